The van der Waals surface area contributed by atoms with Gasteiger partial charge in [0.25, 0.3) is 0 Å². The van der Waals surface area contributed by atoms with Gasteiger partial charge in [0.1, 0.15) is 11.9 Å². The van der Waals surface area contributed by atoms with Crippen LogP contribution in [0.5, 0.6) is 0 Å². The number of carbonyl (C=O) groups excluding carboxylic acids is 2. The van der Waals surface area contributed by atoms with Gasteiger partial charge in [-0.25, -0.2) is 9.36 Å². The SMILES string of the molecule is Cc1nnnn1CCC(=O)N1CCC[C@H]1C(=O)Nc1cccc(-n2cccn2)c1. The lowest BCUT2D eigenvalue weighted by atomic mass is 10.2. The van der Waals surface area contributed by atoms with Crippen molar-refractivity contribution in [3.05, 3.63) is 48.5 Å². The number of hydrogen-bond acceptors (Lipinski definition) is 6. The molecule has 3 aromatic rings. The average molecular weight is 394 g/mol. The Morgan fingerprint density at radius 1 is 1.28 bits per heavy atom. The van der Waals surface area contributed by atoms with Crippen LogP contribution in [0.2, 0.25) is 0 Å². The van der Waals surface area contributed by atoms with Gasteiger partial charge in [0.05, 0.1) is 12.2 Å². The van der Waals surface area contributed by atoms with Gasteiger partial charge in [0, 0.05) is 31.0 Å². The minimum Gasteiger partial charge on any atom is -0.331 e. The van der Waals surface area contributed by atoms with E-state index in [1.807, 2.05) is 36.5 Å². The van der Waals surface area contributed by atoms with E-state index in [1.165, 1.54) is 0 Å². The number of nitrogens with one attached hydrogen (secondary N) is 1. The molecule has 1 saturated heterocycles. The minimum atomic E-state index is -0.467. The first-order chi connectivity index (χ1) is 14.1. The zero-order valence-electron chi connectivity index (χ0n) is 16.1. The third-order valence-electron chi connectivity index (χ3n) is 5.01. The first kappa shape index (κ1) is 18.8. The number of likely N-dealkylation sites (tertiary alicyclic amines) is 1. The first-order valence-corrected chi connectivity index (χ1v) is 9.55. The van der Waals surface area contributed by atoms with Crippen molar-refractivity contribution < 1.29 is 9.59 Å². The summed E-state index contributed by atoms with van der Waals surface area (Å²) in [6.07, 6.45) is 5.25. The van der Waals surface area contributed by atoms with Gasteiger partial charge >= 0.3 is 0 Å². The molecule has 1 aliphatic rings. The Hall–Kier alpha value is -3.56. The molecule has 1 fully saturated rings. The molecule has 0 spiro atoms. The van der Waals surface area contributed by atoms with Crippen LogP contribution in [0.4, 0.5) is 5.69 Å². The van der Waals surface area contributed by atoms with Crippen molar-refractivity contribution in [2.45, 2.75) is 38.8 Å². The molecule has 0 aliphatic carbocycles. The number of amides is 2. The molecule has 10 nitrogen and oxygen atoms in total. The topological polar surface area (TPSA) is 111 Å². The number of benzene rings is 1. The fraction of sp³-hybridized carbons (Fsp3) is 0.368. The summed E-state index contributed by atoms with van der Waals surface area (Å²) in [6, 6.07) is 8.82. The highest BCUT2D eigenvalue weighted by atomic mass is 16.2. The Bertz CT molecular complexity index is 997. The van der Waals surface area contributed by atoms with Crippen LogP contribution >= 0.6 is 0 Å². The fourth-order valence-electron chi connectivity index (χ4n) is 3.51. The second-order valence-corrected chi connectivity index (χ2v) is 6.93. The Labute approximate surface area is 167 Å². The Kier molecular flexibility index (Phi) is 5.32. The highest BCUT2D eigenvalue weighted by molar-refractivity contribution is 5.97. The van der Waals surface area contributed by atoms with E-state index < -0.39 is 6.04 Å². The zero-order chi connectivity index (χ0) is 20.2. The number of tetrazole rings is 1. The zero-order valence-corrected chi connectivity index (χ0v) is 16.1. The van der Waals surface area contributed by atoms with Gasteiger partial charge in [-0.3, -0.25) is 9.59 Å². The lowest BCUT2D eigenvalue weighted by molar-refractivity contribution is -0.136. The fourth-order valence-corrected chi connectivity index (χ4v) is 3.51. The lowest BCUT2D eigenvalue weighted by Crippen LogP contribution is -2.43. The molecule has 0 bridgehead atoms. The summed E-state index contributed by atoms with van der Waals surface area (Å²) in [6.45, 7) is 2.77. The third-order valence-corrected chi connectivity index (χ3v) is 5.01. The first-order valence-electron chi connectivity index (χ1n) is 9.55. The number of carbonyl (C=O) groups is 2. The molecule has 1 atom stereocenters. The van der Waals surface area contributed by atoms with Crippen molar-refractivity contribution in [3.63, 3.8) is 0 Å². The third kappa shape index (κ3) is 4.15. The van der Waals surface area contributed by atoms with Crippen molar-refractivity contribution in [1.82, 2.24) is 34.9 Å². The summed E-state index contributed by atoms with van der Waals surface area (Å²) in [5.41, 5.74) is 1.52. The lowest BCUT2D eigenvalue weighted by Gasteiger charge is -2.24. The molecule has 1 aromatic carbocycles. The van der Waals surface area contributed by atoms with Gasteiger partial charge in [-0.15, -0.1) is 5.10 Å². The number of nitrogens with zero attached hydrogens (tertiary/aromatic N) is 7. The molecule has 2 aromatic heterocycles. The Morgan fingerprint density at radius 2 is 2.17 bits per heavy atom. The molecule has 150 valence electrons. The second-order valence-electron chi connectivity index (χ2n) is 6.93. The monoisotopic (exact) mass is 394 g/mol. The molecule has 0 radical (unpaired) electrons. The van der Waals surface area contributed by atoms with Crippen LogP contribution in [-0.4, -0.2) is 59.3 Å². The summed E-state index contributed by atoms with van der Waals surface area (Å²) >= 11 is 0. The van der Waals surface area contributed by atoms with Crippen molar-refractivity contribution in [1.29, 1.82) is 0 Å². The van der Waals surface area contributed by atoms with Crippen LogP contribution in [0, 0.1) is 6.92 Å². The quantitative estimate of drug-likeness (QED) is 0.672. The molecule has 0 saturated carbocycles. The molecule has 1 aliphatic heterocycles. The van der Waals surface area contributed by atoms with E-state index in [-0.39, 0.29) is 18.2 Å². The molecule has 2 amide bonds. The predicted molar refractivity (Wildman–Crippen MR) is 104 cm³/mol. The Balaban J connectivity index is 1.39. The van der Waals surface area contributed by atoms with Crippen LogP contribution < -0.4 is 5.32 Å². The van der Waals surface area contributed by atoms with Gasteiger partial charge in [-0.1, -0.05) is 6.07 Å². The molecule has 4 rings (SSSR count). The number of hydrogen-bond donors (Lipinski definition) is 1. The summed E-state index contributed by atoms with van der Waals surface area (Å²) < 4.78 is 3.31. The maximum absolute atomic E-state index is 12.8. The summed E-state index contributed by atoms with van der Waals surface area (Å²) in [5, 5.41) is 18.4. The summed E-state index contributed by atoms with van der Waals surface area (Å²) in [5.74, 6) is 0.417. The van der Waals surface area contributed by atoms with Crippen LogP contribution in [0.25, 0.3) is 5.69 Å². The maximum Gasteiger partial charge on any atom is 0.247 e. The van der Waals surface area contributed by atoms with Crippen molar-refractivity contribution in [2.75, 3.05) is 11.9 Å². The molecule has 0 unspecified atom stereocenters. The smallest absolute Gasteiger partial charge is 0.247 e. The van der Waals surface area contributed by atoms with E-state index in [4.69, 9.17) is 0 Å². The highest BCUT2D eigenvalue weighted by Gasteiger charge is 2.33. The van der Waals surface area contributed by atoms with E-state index in [0.717, 1.165) is 12.1 Å². The van der Waals surface area contributed by atoms with E-state index >= 15 is 0 Å². The molecule has 1 N–H and O–H groups in total. The van der Waals surface area contributed by atoms with Crippen LogP contribution in [0.3, 0.4) is 0 Å². The second kappa shape index (κ2) is 8.21. The van der Waals surface area contributed by atoms with Crippen LogP contribution in [0.15, 0.2) is 42.7 Å². The summed E-state index contributed by atoms with van der Waals surface area (Å²) in [4.78, 5) is 27.2. The number of aromatic nitrogens is 6. The van der Waals surface area contributed by atoms with Crippen LogP contribution in [-0.2, 0) is 16.1 Å². The maximum atomic E-state index is 12.8. The molecular formula is C19H22N8O2. The molecular weight excluding hydrogens is 372 g/mol. The number of rotatable bonds is 6. The average Bonchev–Trinajstić information content (AvgIpc) is 3.48. The van der Waals surface area contributed by atoms with Gasteiger partial charge in [0.15, 0.2) is 0 Å². The highest BCUT2D eigenvalue weighted by Crippen LogP contribution is 2.21. The normalized spacial score (nSPS) is 16.2. The Morgan fingerprint density at radius 3 is 2.93 bits per heavy atom. The van der Waals surface area contributed by atoms with Gasteiger partial charge in [0.2, 0.25) is 11.8 Å². The van der Waals surface area contributed by atoms with E-state index in [2.05, 4.69) is 25.9 Å². The molecule has 29 heavy (non-hydrogen) atoms. The van der Waals surface area contributed by atoms with Crippen LogP contribution in [0.1, 0.15) is 25.1 Å². The van der Waals surface area contributed by atoms with E-state index in [9.17, 15) is 9.59 Å². The van der Waals surface area contributed by atoms with Gasteiger partial charge < -0.3 is 10.2 Å². The molecule has 10 heteroatoms. The van der Waals surface area contributed by atoms with Crippen molar-refractivity contribution >= 4 is 17.5 Å². The summed E-state index contributed by atoms with van der Waals surface area (Å²) in [7, 11) is 0. The molecule has 3 heterocycles. The van der Waals surface area contributed by atoms with Crippen molar-refractivity contribution in [3.8, 4) is 5.69 Å². The number of aryl methyl sites for hydroxylation is 2. The number of anilines is 1. The predicted octanol–water partition coefficient (Wildman–Crippen LogP) is 1.19. The standard InChI is InChI=1S/C19H22N8O2/c1-14-22-23-24-26(14)12-8-18(28)25-10-3-7-17(25)19(29)21-15-5-2-6-16(13-15)27-11-4-9-20-27/h2,4-6,9,11,13,17H,3,7-8,10,12H2,1H3,(H,21,29)/t17-/m0/s1. The van der Waals surface area contributed by atoms with E-state index in [0.29, 0.717) is 31.0 Å². The largest absolute Gasteiger partial charge is 0.331 e. The van der Waals surface area contributed by atoms with Crippen molar-refractivity contribution in [2.24, 2.45) is 0 Å². The van der Waals surface area contributed by atoms with Gasteiger partial charge in [-0.2, -0.15) is 5.10 Å². The van der Waals surface area contributed by atoms with Gasteiger partial charge in [-0.05, 0) is 54.5 Å². The van der Waals surface area contributed by atoms with E-state index in [1.54, 1.807) is 27.4 Å². The minimum absolute atomic E-state index is 0.0668.